The Kier molecular flexibility index (Phi) is 6.34. The third-order valence-electron chi connectivity index (χ3n) is 6.19. The average Bonchev–Trinajstić information content (AvgIpc) is 3.42. The van der Waals surface area contributed by atoms with Gasteiger partial charge in [0.25, 0.3) is 0 Å². The molecule has 5 rings (SSSR count). The first-order chi connectivity index (χ1) is 16.8. The van der Waals surface area contributed by atoms with Gasteiger partial charge in [-0.2, -0.15) is 4.98 Å². The molecule has 0 atom stereocenters. The van der Waals surface area contributed by atoms with Crippen molar-refractivity contribution < 1.29 is 4.74 Å². The lowest BCUT2D eigenvalue weighted by Crippen LogP contribution is -2.20. The summed E-state index contributed by atoms with van der Waals surface area (Å²) in [5.74, 6) is 1.21. The van der Waals surface area contributed by atoms with Crippen LogP contribution in [-0.4, -0.2) is 62.2 Å². The number of hydrogen-bond donors (Lipinski definition) is 1. The highest BCUT2D eigenvalue weighted by Gasteiger charge is 2.41. The maximum absolute atomic E-state index is 6.80. The fraction of sp³-hybridized carbons (Fsp3) is 0.385. The predicted molar refractivity (Wildman–Crippen MR) is 139 cm³/mol. The molecular formula is C26H30ClN7O. The number of imidazole rings is 1. The second-order valence-electron chi connectivity index (χ2n) is 9.67. The molecule has 0 spiro atoms. The Balaban J connectivity index is 1.57. The minimum absolute atomic E-state index is 0.180. The molecule has 0 unspecified atom stereocenters. The van der Waals surface area contributed by atoms with Gasteiger partial charge < -0.3 is 19.5 Å². The van der Waals surface area contributed by atoms with Crippen LogP contribution in [0.5, 0.6) is 5.88 Å². The summed E-state index contributed by atoms with van der Waals surface area (Å²) in [6, 6.07) is 10.0. The molecule has 0 bridgehead atoms. The van der Waals surface area contributed by atoms with Gasteiger partial charge in [-0.25, -0.2) is 9.97 Å². The minimum atomic E-state index is -0.180. The Morgan fingerprint density at radius 2 is 1.97 bits per heavy atom. The highest BCUT2D eigenvalue weighted by molar-refractivity contribution is 6.33. The molecule has 9 heteroatoms. The lowest BCUT2D eigenvalue weighted by atomic mass is 10.2. The van der Waals surface area contributed by atoms with Gasteiger partial charge >= 0.3 is 0 Å². The highest BCUT2D eigenvalue weighted by Crippen LogP contribution is 2.41. The Morgan fingerprint density at radius 1 is 1.14 bits per heavy atom. The third-order valence-corrected chi connectivity index (χ3v) is 6.50. The zero-order valence-electron chi connectivity index (χ0n) is 20.5. The molecule has 0 aliphatic heterocycles. The summed E-state index contributed by atoms with van der Waals surface area (Å²) in [7, 11) is 4.10. The molecule has 3 heterocycles. The van der Waals surface area contributed by atoms with Gasteiger partial charge in [-0.3, -0.25) is 4.98 Å². The number of ether oxygens (including phenoxy) is 1. The van der Waals surface area contributed by atoms with Crippen LogP contribution in [0.3, 0.4) is 0 Å². The second kappa shape index (κ2) is 9.43. The number of nitrogens with zero attached hydrogens (tertiary/aromatic N) is 6. The molecule has 1 aliphatic carbocycles. The largest absolute Gasteiger partial charge is 0.470 e. The summed E-state index contributed by atoms with van der Waals surface area (Å²) in [4.78, 5) is 20.7. The van der Waals surface area contributed by atoms with Gasteiger partial charge in [-0.15, -0.1) is 0 Å². The van der Waals surface area contributed by atoms with Gasteiger partial charge in [0.15, 0.2) is 11.2 Å². The number of nitrogens with one attached hydrogen (secondary N) is 1. The fourth-order valence-electron chi connectivity index (χ4n) is 3.93. The summed E-state index contributed by atoms with van der Waals surface area (Å²) >= 11 is 6.80. The van der Waals surface area contributed by atoms with E-state index in [-0.39, 0.29) is 5.60 Å². The minimum Gasteiger partial charge on any atom is -0.470 e. The van der Waals surface area contributed by atoms with Crippen LogP contribution in [0.15, 0.2) is 42.9 Å². The van der Waals surface area contributed by atoms with Crippen LogP contribution in [-0.2, 0) is 6.54 Å². The Labute approximate surface area is 210 Å². The van der Waals surface area contributed by atoms with Crippen molar-refractivity contribution in [1.29, 1.82) is 0 Å². The Bertz CT molecular complexity index is 1360. The second-order valence-corrected chi connectivity index (χ2v) is 10.1. The standard InChI is InChI=1S/C26H30ClN7O/c1-17-7-10-28-19(13-17)15-34-23(20-6-5-18(14-21(20)27)29-11-12-33(3)4)32-22-24(34)30-16-31-25(22)35-26(2)8-9-26/h5-7,10,13-14,16,29H,8-9,11-12,15H2,1-4H3. The zero-order chi connectivity index (χ0) is 24.6. The molecule has 0 saturated heterocycles. The van der Waals surface area contributed by atoms with Gasteiger partial charge in [0.1, 0.15) is 17.8 Å². The summed E-state index contributed by atoms with van der Waals surface area (Å²) in [6.45, 7) is 6.41. The van der Waals surface area contributed by atoms with E-state index < -0.39 is 0 Å². The smallest absolute Gasteiger partial charge is 0.245 e. The highest BCUT2D eigenvalue weighted by atomic mass is 35.5. The predicted octanol–water partition coefficient (Wildman–Crippen LogP) is 4.80. The summed E-state index contributed by atoms with van der Waals surface area (Å²) < 4.78 is 8.27. The van der Waals surface area contributed by atoms with E-state index in [9.17, 15) is 0 Å². The molecule has 35 heavy (non-hydrogen) atoms. The molecule has 1 saturated carbocycles. The van der Waals surface area contributed by atoms with Crippen LogP contribution in [0.1, 0.15) is 31.0 Å². The first-order valence-electron chi connectivity index (χ1n) is 11.8. The van der Waals surface area contributed by atoms with Crippen molar-refractivity contribution in [2.24, 2.45) is 0 Å². The topological polar surface area (TPSA) is 81.0 Å². The van der Waals surface area contributed by atoms with Crippen LogP contribution in [0, 0.1) is 6.92 Å². The molecule has 0 radical (unpaired) electrons. The van der Waals surface area contributed by atoms with Crippen LogP contribution in [0.4, 0.5) is 5.69 Å². The van der Waals surface area contributed by atoms with E-state index in [1.54, 1.807) is 0 Å². The van der Waals surface area contributed by atoms with E-state index in [2.05, 4.69) is 59.2 Å². The molecule has 182 valence electrons. The van der Waals surface area contributed by atoms with Crippen LogP contribution >= 0.6 is 11.6 Å². The number of anilines is 1. The van der Waals surface area contributed by atoms with Crippen molar-refractivity contribution in [3.05, 3.63) is 59.1 Å². The molecule has 8 nitrogen and oxygen atoms in total. The summed E-state index contributed by atoms with van der Waals surface area (Å²) in [5.41, 5.74) is 5.00. The normalized spacial score (nSPS) is 14.5. The lowest BCUT2D eigenvalue weighted by molar-refractivity contribution is 0.194. The third kappa shape index (κ3) is 5.23. The maximum Gasteiger partial charge on any atom is 0.245 e. The zero-order valence-corrected chi connectivity index (χ0v) is 21.3. The number of likely N-dealkylation sites (N-methyl/N-ethyl adjacent to an activating group) is 1. The SMILES string of the molecule is Cc1ccnc(Cn2c(-c3ccc(NCCN(C)C)cc3Cl)nc3c(OC4(C)CC4)ncnc32)c1. The average molecular weight is 492 g/mol. The fourth-order valence-corrected chi connectivity index (χ4v) is 4.20. The first kappa shape index (κ1) is 23.5. The molecular weight excluding hydrogens is 462 g/mol. The van der Waals surface area contributed by atoms with Gasteiger partial charge in [0.05, 0.1) is 17.3 Å². The van der Waals surface area contributed by atoms with Crippen LogP contribution < -0.4 is 10.1 Å². The van der Waals surface area contributed by atoms with Crippen molar-refractivity contribution >= 4 is 28.5 Å². The quantitative estimate of drug-likeness (QED) is 0.360. The number of benzene rings is 1. The van der Waals surface area contributed by atoms with Gasteiger partial charge in [0, 0.05) is 30.5 Å². The van der Waals surface area contributed by atoms with Crippen molar-refractivity contribution in [1.82, 2.24) is 29.4 Å². The number of aryl methyl sites for hydroxylation is 1. The number of rotatable bonds is 9. The van der Waals surface area contributed by atoms with Crippen molar-refractivity contribution in [3.63, 3.8) is 0 Å². The number of halogens is 1. The summed E-state index contributed by atoms with van der Waals surface area (Å²) in [5, 5.41) is 4.03. The molecule has 1 N–H and O–H groups in total. The van der Waals surface area contributed by atoms with Crippen molar-refractivity contribution in [2.75, 3.05) is 32.5 Å². The number of fused-ring (bicyclic) bond motifs is 1. The lowest BCUT2D eigenvalue weighted by Gasteiger charge is -2.13. The Morgan fingerprint density at radius 3 is 2.69 bits per heavy atom. The van der Waals surface area contributed by atoms with E-state index in [1.807, 2.05) is 35.0 Å². The van der Waals surface area contributed by atoms with E-state index >= 15 is 0 Å². The molecule has 0 amide bonds. The van der Waals surface area contributed by atoms with Crippen LogP contribution in [0.25, 0.3) is 22.6 Å². The van der Waals surface area contributed by atoms with Crippen LogP contribution in [0.2, 0.25) is 5.02 Å². The number of hydrogen-bond acceptors (Lipinski definition) is 7. The molecule has 4 aromatic rings. The molecule has 1 fully saturated rings. The van der Waals surface area contributed by atoms with Gasteiger partial charge in [0.2, 0.25) is 5.88 Å². The van der Waals surface area contributed by atoms with Gasteiger partial charge in [-0.1, -0.05) is 11.6 Å². The van der Waals surface area contributed by atoms with Crippen molar-refractivity contribution in [2.45, 2.75) is 38.8 Å². The Hall–Kier alpha value is -3.23. The summed E-state index contributed by atoms with van der Waals surface area (Å²) in [6.07, 6.45) is 5.37. The van der Waals surface area contributed by atoms with E-state index in [0.29, 0.717) is 34.4 Å². The number of aromatic nitrogens is 5. The van der Waals surface area contributed by atoms with Crippen molar-refractivity contribution in [3.8, 4) is 17.3 Å². The maximum atomic E-state index is 6.80. The van der Waals surface area contributed by atoms with E-state index in [1.165, 1.54) is 6.33 Å². The molecule has 1 aromatic carbocycles. The van der Waals surface area contributed by atoms with Gasteiger partial charge in [-0.05, 0) is 76.7 Å². The first-order valence-corrected chi connectivity index (χ1v) is 12.2. The number of pyridine rings is 1. The molecule has 3 aromatic heterocycles. The van der Waals surface area contributed by atoms with E-state index in [0.717, 1.165) is 48.4 Å². The molecule has 1 aliphatic rings. The monoisotopic (exact) mass is 491 g/mol. The van der Waals surface area contributed by atoms with E-state index in [4.69, 9.17) is 21.3 Å².